The normalized spacial score (nSPS) is 29.3. The van der Waals surface area contributed by atoms with Crippen LogP contribution in [0.5, 0.6) is 0 Å². The Hall–Kier alpha value is -0.320. The maximum Gasteiger partial charge on any atom is 0.0728 e. The molecular formula is C21H32Cl2N2O. The van der Waals surface area contributed by atoms with Crippen LogP contribution in [-0.2, 0) is 6.42 Å². The summed E-state index contributed by atoms with van der Waals surface area (Å²) in [4.78, 5) is 4.93. The van der Waals surface area contributed by atoms with Crippen LogP contribution in [0.3, 0.4) is 0 Å². The first-order valence-electron chi connectivity index (χ1n) is 10.0. The van der Waals surface area contributed by atoms with Crippen molar-refractivity contribution in [3.63, 3.8) is 0 Å². The second-order valence-corrected chi connectivity index (χ2v) is 9.11. The van der Waals surface area contributed by atoms with Crippen LogP contribution in [-0.4, -0.2) is 60.3 Å². The van der Waals surface area contributed by atoms with E-state index in [1.807, 2.05) is 12.1 Å². The lowest BCUT2D eigenvalue weighted by Gasteiger charge is -2.42. The van der Waals surface area contributed by atoms with Gasteiger partial charge < -0.3 is 14.9 Å². The van der Waals surface area contributed by atoms with E-state index in [1.54, 1.807) is 6.07 Å². The number of aliphatic hydroxyl groups is 1. The van der Waals surface area contributed by atoms with Gasteiger partial charge >= 0.3 is 0 Å². The Bertz CT molecular complexity index is 589. The summed E-state index contributed by atoms with van der Waals surface area (Å²) in [6.07, 6.45) is 7.42. The molecule has 1 aromatic rings. The maximum absolute atomic E-state index is 11.7. The van der Waals surface area contributed by atoms with E-state index < -0.39 is 5.60 Å². The molecule has 5 heteroatoms. The van der Waals surface area contributed by atoms with Gasteiger partial charge in [0, 0.05) is 55.1 Å². The molecule has 1 aliphatic carbocycles. The first kappa shape index (κ1) is 20.4. The van der Waals surface area contributed by atoms with E-state index in [2.05, 4.69) is 16.8 Å². The van der Waals surface area contributed by atoms with Crippen LogP contribution in [0.1, 0.15) is 44.1 Å². The summed E-state index contributed by atoms with van der Waals surface area (Å²) in [6.45, 7) is 5.44. The third-order valence-electron chi connectivity index (χ3n) is 6.26. The Morgan fingerprint density at radius 3 is 2.54 bits per heavy atom. The van der Waals surface area contributed by atoms with Gasteiger partial charge in [0.2, 0.25) is 0 Å². The van der Waals surface area contributed by atoms with Gasteiger partial charge in [0.1, 0.15) is 0 Å². The highest BCUT2D eigenvalue weighted by atomic mass is 35.5. The number of likely N-dealkylation sites (N-methyl/N-ethyl adjacent to an activating group) is 1. The average molecular weight is 399 g/mol. The van der Waals surface area contributed by atoms with Crippen LogP contribution in [0.2, 0.25) is 10.0 Å². The van der Waals surface area contributed by atoms with Crippen molar-refractivity contribution in [2.45, 2.75) is 50.5 Å². The Morgan fingerprint density at radius 1 is 1.08 bits per heavy atom. The smallest absolute Gasteiger partial charge is 0.0728 e. The van der Waals surface area contributed by atoms with E-state index >= 15 is 0 Å². The molecule has 3 rings (SSSR count). The molecule has 26 heavy (non-hydrogen) atoms. The SMILES string of the molecule is CN1CCN(CC2CCCCCCC2(O)Cc2ccc(Cl)cc2Cl)CC1. The van der Waals surface area contributed by atoms with Crippen LogP contribution in [0.4, 0.5) is 0 Å². The lowest BCUT2D eigenvalue weighted by molar-refractivity contribution is -0.0512. The van der Waals surface area contributed by atoms with E-state index in [9.17, 15) is 5.11 Å². The summed E-state index contributed by atoms with van der Waals surface area (Å²) >= 11 is 12.5. The van der Waals surface area contributed by atoms with Gasteiger partial charge in [-0.2, -0.15) is 0 Å². The predicted molar refractivity (Wildman–Crippen MR) is 110 cm³/mol. The fraction of sp³-hybridized carbons (Fsp3) is 0.714. The average Bonchev–Trinajstić information content (AvgIpc) is 2.59. The predicted octanol–water partition coefficient (Wildman–Crippen LogP) is 4.48. The van der Waals surface area contributed by atoms with Crippen molar-refractivity contribution in [2.24, 2.45) is 5.92 Å². The summed E-state index contributed by atoms with van der Waals surface area (Å²) in [5.74, 6) is 0.304. The van der Waals surface area contributed by atoms with Gasteiger partial charge in [-0.3, -0.25) is 0 Å². The molecule has 3 nitrogen and oxygen atoms in total. The molecule has 2 aliphatic rings. The van der Waals surface area contributed by atoms with Crippen molar-refractivity contribution in [3.8, 4) is 0 Å². The highest BCUT2D eigenvalue weighted by Gasteiger charge is 2.38. The highest BCUT2D eigenvalue weighted by molar-refractivity contribution is 6.35. The van der Waals surface area contributed by atoms with E-state index in [0.29, 0.717) is 22.4 Å². The molecule has 2 unspecified atom stereocenters. The molecule has 1 heterocycles. The molecule has 0 spiro atoms. The number of benzene rings is 1. The van der Waals surface area contributed by atoms with Crippen LogP contribution in [0, 0.1) is 5.92 Å². The number of piperazine rings is 1. The molecule has 1 saturated heterocycles. The number of rotatable bonds is 4. The molecule has 2 fully saturated rings. The molecule has 1 N–H and O–H groups in total. The summed E-state index contributed by atoms with van der Waals surface area (Å²) in [6, 6.07) is 5.65. The van der Waals surface area contributed by atoms with Crippen molar-refractivity contribution in [2.75, 3.05) is 39.8 Å². The minimum Gasteiger partial charge on any atom is -0.389 e. The summed E-state index contributed by atoms with van der Waals surface area (Å²) < 4.78 is 0. The van der Waals surface area contributed by atoms with Crippen molar-refractivity contribution in [1.29, 1.82) is 0 Å². The molecular weight excluding hydrogens is 367 g/mol. The maximum atomic E-state index is 11.7. The van der Waals surface area contributed by atoms with Gasteiger partial charge in [0.25, 0.3) is 0 Å². The third-order valence-corrected chi connectivity index (χ3v) is 6.85. The summed E-state index contributed by atoms with van der Waals surface area (Å²) in [7, 11) is 2.19. The van der Waals surface area contributed by atoms with E-state index in [0.717, 1.165) is 57.5 Å². The lowest BCUT2D eigenvalue weighted by atomic mass is 9.74. The summed E-state index contributed by atoms with van der Waals surface area (Å²) in [5.41, 5.74) is 0.337. The lowest BCUT2D eigenvalue weighted by Crippen LogP contribution is -2.51. The molecule has 1 saturated carbocycles. The van der Waals surface area contributed by atoms with Crippen LogP contribution < -0.4 is 0 Å². The zero-order valence-electron chi connectivity index (χ0n) is 15.9. The Labute approximate surface area is 168 Å². The number of hydrogen-bond acceptors (Lipinski definition) is 3. The Kier molecular flexibility index (Phi) is 7.26. The Morgan fingerprint density at radius 2 is 1.81 bits per heavy atom. The number of hydrogen-bond donors (Lipinski definition) is 1. The largest absolute Gasteiger partial charge is 0.389 e. The first-order chi connectivity index (χ1) is 12.5. The van der Waals surface area contributed by atoms with Crippen LogP contribution in [0.15, 0.2) is 18.2 Å². The van der Waals surface area contributed by atoms with E-state index in [1.165, 1.54) is 19.3 Å². The van der Waals surface area contributed by atoms with Gasteiger partial charge in [-0.15, -0.1) is 0 Å². The molecule has 0 radical (unpaired) electrons. The molecule has 1 aromatic carbocycles. The van der Waals surface area contributed by atoms with Crippen LogP contribution >= 0.6 is 23.2 Å². The van der Waals surface area contributed by atoms with Crippen molar-refractivity contribution in [1.82, 2.24) is 9.80 Å². The number of nitrogens with zero attached hydrogens (tertiary/aromatic N) is 2. The fourth-order valence-electron chi connectivity index (χ4n) is 4.48. The topological polar surface area (TPSA) is 26.7 Å². The van der Waals surface area contributed by atoms with Crippen molar-refractivity contribution >= 4 is 23.2 Å². The first-order valence-corrected chi connectivity index (χ1v) is 10.8. The van der Waals surface area contributed by atoms with Gasteiger partial charge in [-0.1, -0.05) is 55.0 Å². The van der Waals surface area contributed by atoms with E-state index in [-0.39, 0.29) is 0 Å². The van der Waals surface area contributed by atoms with E-state index in [4.69, 9.17) is 23.2 Å². The molecule has 0 bridgehead atoms. The summed E-state index contributed by atoms with van der Waals surface area (Å²) in [5, 5.41) is 13.1. The molecule has 2 atom stereocenters. The minimum absolute atomic E-state index is 0.304. The second kappa shape index (κ2) is 9.25. The van der Waals surface area contributed by atoms with Crippen LogP contribution in [0.25, 0.3) is 0 Å². The highest BCUT2D eigenvalue weighted by Crippen LogP contribution is 2.37. The zero-order valence-corrected chi connectivity index (χ0v) is 17.4. The van der Waals surface area contributed by atoms with Gasteiger partial charge in [-0.25, -0.2) is 0 Å². The molecule has 1 aliphatic heterocycles. The quantitative estimate of drug-likeness (QED) is 0.809. The van der Waals surface area contributed by atoms with Gasteiger partial charge in [0.05, 0.1) is 5.60 Å². The fourth-order valence-corrected chi connectivity index (χ4v) is 4.95. The monoisotopic (exact) mass is 398 g/mol. The zero-order chi connectivity index (χ0) is 18.6. The van der Waals surface area contributed by atoms with Gasteiger partial charge in [-0.05, 0) is 37.6 Å². The molecule has 0 aromatic heterocycles. The standard InChI is InChI=1S/C21H32Cl2N2O/c1-24-10-12-25(13-11-24)16-18-6-4-2-3-5-9-21(18,26)15-17-7-8-19(22)14-20(17)23/h7-8,14,18,26H,2-6,9-13,15-16H2,1H3. The number of halogens is 2. The van der Waals surface area contributed by atoms with Gasteiger partial charge in [0.15, 0.2) is 0 Å². The molecule has 146 valence electrons. The second-order valence-electron chi connectivity index (χ2n) is 8.27. The molecule has 0 amide bonds. The minimum atomic E-state index is -0.679. The van der Waals surface area contributed by atoms with Crippen molar-refractivity contribution in [3.05, 3.63) is 33.8 Å². The van der Waals surface area contributed by atoms with Crippen molar-refractivity contribution < 1.29 is 5.11 Å². The Balaban J connectivity index is 1.75. The third kappa shape index (κ3) is 5.36.